The van der Waals surface area contributed by atoms with Crippen LogP contribution in [0, 0.1) is 0 Å². The number of nitrogens with zero attached hydrogens (tertiary/aromatic N) is 4. The van der Waals surface area contributed by atoms with Crippen molar-refractivity contribution in [1.29, 1.82) is 0 Å². The molecule has 0 unspecified atom stereocenters. The quantitative estimate of drug-likeness (QED) is 0.862. The third-order valence-corrected chi connectivity index (χ3v) is 4.38. The molecule has 0 spiro atoms. The summed E-state index contributed by atoms with van der Waals surface area (Å²) in [6, 6.07) is 6.46. The van der Waals surface area contributed by atoms with Gasteiger partial charge in [-0.25, -0.2) is 0 Å². The first kappa shape index (κ1) is 14.9. The molecular weight excluding hydrogens is 308 g/mol. The van der Waals surface area contributed by atoms with Crippen LogP contribution in [0.2, 0.25) is 0 Å². The molecule has 1 aromatic carbocycles. The van der Waals surface area contributed by atoms with E-state index >= 15 is 0 Å². The number of hydrogen-bond acceptors (Lipinski definition) is 8. The number of anilines is 2. The van der Waals surface area contributed by atoms with Crippen LogP contribution in [-0.2, 0) is 6.54 Å². The highest BCUT2D eigenvalue weighted by atomic mass is 16.6. The second kappa shape index (κ2) is 6.12. The van der Waals surface area contributed by atoms with Crippen LogP contribution >= 0.6 is 0 Å². The third-order valence-electron chi connectivity index (χ3n) is 4.38. The fraction of sp³-hybridized carbons (Fsp3) is 0.438. The van der Waals surface area contributed by atoms with Gasteiger partial charge in [0.15, 0.2) is 11.5 Å². The summed E-state index contributed by atoms with van der Waals surface area (Å²) >= 11 is 0. The molecule has 2 aromatic rings. The van der Waals surface area contributed by atoms with Gasteiger partial charge in [0, 0.05) is 6.04 Å². The second-order valence-electron chi connectivity index (χ2n) is 6.00. The Bertz CT molecular complexity index is 733. The number of benzene rings is 1. The van der Waals surface area contributed by atoms with E-state index < -0.39 is 0 Å². The average molecular weight is 328 g/mol. The van der Waals surface area contributed by atoms with E-state index in [1.807, 2.05) is 6.07 Å². The van der Waals surface area contributed by atoms with Crippen molar-refractivity contribution < 1.29 is 9.47 Å². The highest BCUT2D eigenvalue weighted by molar-refractivity contribution is 5.44. The van der Waals surface area contributed by atoms with Gasteiger partial charge in [0.25, 0.3) is 0 Å². The Hall–Kier alpha value is -2.61. The highest BCUT2D eigenvalue weighted by Gasteiger charge is 2.28. The first-order valence-corrected chi connectivity index (χ1v) is 8.08. The van der Waals surface area contributed by atoms with Crippen LogP contribution in [-0.4, -0.2) is 39.6 Å². The Kier molecular flexibility index (Phi) is 3.81. The highest BCUT2D eigenvalue weighted by Crippen LogP contribution is 2.38. The minimum Gasteiger partial charge on any atom is -0.486 e. The Morgan fingerprint density at radius 2 is 1.79 bits per heavy atom. The summed E-state index contributed by atoms with van der Waals surface area (Å²) in [5, 5.41) is 0. The molecular formula is C16H20N6O2. The number of nitrogen functional groups attached to an aromatic ring is 2. The predicted molar refractivity (Wildman–Crippen MR) is 88.5 cm³/mol. The molecule has 8 heteroatoms. The molecule has 1 saturated heterocycles. The topological polar surface area (TPSA) is 112 Å². The molecule has 2 aliphatic rings. The summed E-state index contributed by atoms with van der Waals surface area (Å²) in [6.07, 6.45) is 2.20. The number of fused-ring (bicyclic) bond motifs is 1. The Morgan fingerprint density at radius 1 is 1.04 bits per heavy atom. The zero-order chi connectivity index (χ0) is 16.5. The van der Waals surface area contributed by atoms with Crippen LogP contribution in [0.1, 0.15) is 30.3 Å². The summed E-state index contributed by atoms with van der Waals surface area (Å²) in [6.45, 7) is 2.76. The van der Waals surface area contributed by atoms with Crippen molar-refractivity contribution >= 4 is 11.9 Å². The standard InChI is InChI=1S/C16H20N6O2/c17-15-19-14(20-16(18)21-15)9-22-5-1-2-11(22)10-3-4-12-13(8-10)24-7-6-23-12/h3-4,8,11H,1-2,5-7,9H2,(H4,17,18,19,20,21)/t11-/m1/s1. The fourth-order valence-corrected chi connectivity index (χ4v) is 3.37. The van der Waals surface area contributed by atoms with Crippen molar-refractivity contribution in [2.24, 2.45) is 0 Å². The van der Waals surface area contributed by atoms with E-state index in [1.54, 1.807) is 0 Å². The Balaban J connectivity index is 1.56. The average Bonchev–Trinajstić information content (AvgIpc) is 3.01. The first-order valence-electron chi connectivity index (χ1n) is 8.08. The second-order valence-corrected chi connectivity index (χ2v) is 6.00. The summed E-state index contributed by atoms with van der Waals surface area (Å²) in [7, 11) is 0. The van der Waals surface area contributed by atoms with Gasteiger partial charge in [0.1, 0.15) is 19.0 Å². The van der Waals surface area contributed by atoms with Gasteiger partial charge < -0.3 is 20.9 Å². The van der Waals surface area contributed by atoms with Gasteiger partial charge in [0.05, 0.1) is 6.54 Å². The summed E-state index contributed by atoms with van der Waals surface area (Å²) < 4.78 is 11.3. The molecule has 0 amide bonds. The summed E-state index contributed by atoms with van der Waals surface area (Å²) in [5.74, 6) is 2.55. The summed E-state index contributed by atoms with van der Waals surface area (Å²) in [5.41, 5.74) is 12.5. The normalized spacial score (nSPS) is 20.2. The van der Waals surface area contributed by atoms with E-state index in [1.165, 1.54) is 5.56 Å². The van der Waals surface area contributed by atoms with Gasteiger partial charge in [0.2, 0.25) is 11.9 Å². The summed E-state index contributed by atoms with van der Waals surface area (Å²) in [4.78, 5) is 14.5. The number of rotatable bonds is 3. The first-order chi connectivity index (χ1) is 11.7. The molecule has 4 rings (SSSR count). The van der Waals surface area contributed by atoms with Gasteiger partial charge in [-0.05, 0) is 37.1 Å². The lowest BCUT2D eigenvalue weighted by atomic mass is 10.0. The third kappa shape index (κ3) is 2.92. The van der Waals surface area contributed by atoms with Crippen molar-refractivity contribution in [1.82, 2.24) is 19.9 Å². The van der Waals surface area contributed by atoms with Crippen molar-refractivity contribution in [2.75, 3.05) is 31.2 Å². The molecule has 1 atom stereocenters. The predicted octanol–water partition coefficient (Wildman–Crippen LogP) is 1.14. The van der Waals surface area contributed by atoms with Crippen molar-refractivity contribution in [3.8, 4) is 11.5 Å². The maximum Gasteiger partial charge on any atom is 0.225 e. The molecule has 2 aliphatic heterocycles. The van der Waals surface area contributed by atoms with Gasteiger partial charge in [-0.1, -0.05) is 6.07 Å². The Morgan fingerprint density at radius 3 is 2.58 bits per heavy atom. The van der Waals surface area contributed by atoms with Gasteiger partial charge in [-0.3, -0.25) is 4.90 Å². The molecule has 1 aromatic heterocycles. The van der Waals surface area contributed by atoms with E-state index in [0.717, 1.165) is 30.9 Å². The molecule has 0 bridgehead atoms. The van der Waals surface area contributed by atoms with Crippen LogP contribution in [0.3, 0.4) is 0 Å². The minimum atomic E-state index is 0.160. The molecule has 0 radical (unpaired) electrons. The molecule has 8 nitrogen and oxygen atoms in total. The smallest absolute Gasteiger partial charge is 0.225 e. The molecule has 0 aliphatic carbocycles. The number of likely N-dealkylation sites (tertiary alicyclic amines) is 1. The van der Waals surface area contributed by atoms with Crippen molar-refractivity contribution in [3.05, 3.63) is 29.6 Å². The maximum atomic E-state index is 5.70. The van der Waals surface area contributed by atoms with Gasteiger partial charge in [-0.15, -0.1) is 0 Å². The SMILES string of the molecule is Nc1nc(N)nc(CN2CCC[C@@H]2c2ccc3c(c2)OCCO3)n1. The van der Waals surface area contributed by atoms with E-state index in [0.29, 0.717) is 31.6 Å². The van der Waals surface area contributed by atoms with Crippen molar-refractivity contribution in [2.45, 2.75) is 25.4 Å². The molecule has 0 saturated carbocycles. The lowest BCUT2D eigenvalue weighted by molar-refractivity contribution is 0.170. The number of nitrogens with two attached hydrogens (primary N) is 2. The van der Waals surface area contributed by atoms with E-state index in [9.17, 15) is 0 Å². The van der Waals surface area contributed by atoms with E-state index in [2.05, 4.69) is 32.0 Å². The lowest BCUT2D eigenvalue weighted by Gasteiger charge is -2.26. The lowest BCUT2D eigenvalue weighted by Crippen LogP contribution is -2.25. The minimum absolute atomic E-state index is 0.160. The molecule has 24 heavy (non-hydrogen) atoms. The van der Waals surface area contributed by atoms with E-state index in [4.69, 9.17) is 20.9 Å². The van der Waals surface area contributed by atoms with Crippen molar-refractivity contribution in [3.63, 3.8) is 0 Å². The molecule has 3 heterocycles. The molecule has 126 valence electrons. The zero-order valence-corrected chi connectivity index (χ0v) is 13.3. The van der Waals surface area contributed by atoms with Crippen LogP contribution in [0.4, 0.5) is 11.9 Å². The van der Waals surface area contributed by atoms with Crippen LogP contribution in [0.25, 0.3) is 0 Å². The maximum absolute atomic E-state index is 5.70. The van der Waals surface area contributed by atoms with Gasteiger partial charge in [-0.2, -0.15) is 15.0 Å². The Labute approximate surface area is 139 Å². The monoisotopic (exact) mass is 328 g/mol. The van der Waals surface area contributed by atoms with Crippen LogP contribution in [0.15, 0.2) is 18.2 Å². The van der Waals surface area contributed by atoms with E-state index in [-0.39, 0.29) is 11.9 Å². The van der Waals surface area contributed by atoms with Crippen LogP contribution < -0.4 is 20.9 Å². The molecule has 4 N–H and O–H groups in total. The van der Waals surface area contributed by atoms with Gasteiger partial charge >= 0.3 is 0 Å². The van der Waals surface area contributed by atoms with Crippen LogP contribution in [0.5, 0.6) is 11.5 Å². The number of ether oxygens (including phenoxy) is 2. The number of aromatic nitrogens is 3. The largest absolute Gasteiger partial charge is 0.486 e. The zero-order valence-electron chi connectivity index (χ0n) is 13.3. The molecule has 1 fully saturated rings. The fourth-order valence-electron chi connectivity index (χ4n) is 3.37. The number of hydrogen-bond donors (Lipinski definition) is 2.